The van der Waals surface area contributed by atoms with E-state index in [0.29, 0.717) is 15.8 Å². The van der Waals surface area contributed by atoms with Gasteiger partial charge in [0.1, 0.15) is 11.8 Å². The Morgan fingerprint density at radius 2 is 2.06 bits per heavy atom. The molecule has 0 heterocycles. The maximum atomic E-state index is 12.0. The van der Waals surface area contributed by atoms with E-state index in [9.17, 15) is 9.59 Å². The van der Waals surface area contributed by atoms with Crippen LogP contribution in [0.3, 0.4) is 0 Å². The predicted octanol–water partition coefficient (Wildman–Crippen LogP) is 2.00. The molecule has 0 aliphatic heterocycles. The van der Waals surface area contributed by atoms with Gasteiger partial charge in [-0.1, -0.05) is 0 Å². The van der Waals surface area contributed by atoms with Gasteiger partial charge in [0.15, 0.2) is 0 Å². The van der Waals surface area contributed by atoms with Crippen molar-refractivity contribution in [2.75, 3.05) is 14.2 Å². The third-order valence-electron chi connectivity index (χ3n) is 2.66. The van der Waals surface area contributed by atoms with Crippen LogP contribution in [0, 0.1) is 0 Å². The predicted molar refractivity (Wildman–Crippen MR) is 69.9 cm³/mol. The Kier molecular flexibility index (Phi) is 4.72. The van der Waals surface area contributed by atoms with Gasteiger partial charge in [0.2, 0.25) is 0 Å². The number of hydrogen-bond donors (Lipinski definition) is 1. The number of carbonyl (C=O) groups excluding carboxylic acids is 1. The van der Waals surface area contributed by atoms with Crippen molar-refractivity contribution in [1.29, 1.82) is 0 Å². The number of benzene rings is 1. The van der Waals surface area contributed by atoms with Crippen molar-refractivity contribution in [3.63, 3.8) is 0 Å². The van der Waals surface area contributed by atoms with Gasteiger partial charge in [-0.3, -0.25) is 4.79 Å². The Labute approximate surface area is 113 Å². The molecule has 0 aromatic heterocycles. The Bertz CT molecular complexity index is 475. The van der Waals surface area contributed by atoms with E-state index in [1.165, 1.54) is 26.0 Å². The number of nitrogens with zero attached hydrogens (tertiary/aromatic N) is 1. The molecule has 0 spiro atoms. The molecule has 0 saturated heterocycles. The van der Waals surface area contributed by atoms with Crippen molar-refractivity contribution in [3.05, 3.63) is 28.2 Å². The number of methoxy groups -OCH3 is 1. The lowest BCUT2D eigenvalue weighted by molar-refractivity contribution is -0.141. The highest BCUT2D eigenvalue weighted by Crippen LogP contribution is 2.26. The van der Waals surface area contributed by atoms with Crippen LogP contribution in [0.5, 0.6) is 5.75 Å². The first-order valence-corrected chi connectivity index (χ1v) is 6.01. The number of carboxylic acid groups (broad SMARTS) is 1. The third-order valence-corrected chi connectivity index (χ3v) is 3.28. The van der Waals surface area contributed by atoms with Gasteiger partial charge in [-0.05, 0) is 41.1 Å². The van der Waals surface area contributed by atoms with E-state index in [2.05, 4.69) is 15.9 Å². The molecule has 1 amide bonds. The fourth-order valence-electron chi connectivity index (χ4n) is 1.34. The molecule has 18 heavy (non-hydrogen) atoms. The van der Waals surface area contributed by atoms with Gasteiger partial charge < -0.3 is 14.7 Å². The zero-order chi connectivity index (χ0) is 13.9. The minimum Gasteiger partial charge on any atom is -0.496 e. The quantitative estimate of drug-likeness (QED) is 0.923. The van der Waals surface area contributed by atoms with Gasteiger partial charge in [0, 0.05) is 12.6 Å². The van der Waals surface area contributed by atoms with Crippen LogP contribution in [0.1, 0.15) is 17.3 Å². The third kappa shape index (κ3) is 3.01. The standard InChI is InChI=1S/C12H14BrNO4/c1-7(12(16)17)14(2)11(15)8-4-5-10(18-3)9(13)6-8/h4-7H,1-3H3,(H,16,17). The Morgan fingerprint density at radius 3 is 2.50 bits per heavy atom. The van der Waals surface area contributed by atoms with Crippen molar-refractivity contribution in [2.24, 2.45) is 0 Å². The molecule has 0 aliphatic rings. The van der Waals surface area contributed by atoms with Crippen LogP contribution in [-0.2, 0) is 4.79 Å². The minimum atomic E-state index is -1.04. The number of halogens is 1. The monoisotopic (exact) mass is 315 g/mol. The first-order chi connectivity index (χ1) is 8.38. The molecule has 5 nitrogen and oxygen atoms in total. The molecule has 1 N–H and O–H groups in total. The van der Waals surface area contributed by atoms with E-state index in [-0.39, 0.29) is 5.91 Å². The number of carbonyl (C=O) groups is 2. The Hall–Kier alpha value is -1.56. The molecule has 0 fully saturated rings. The van der Waals surface area contributed by atoms with E-state index in [4.69, 9.17) is 9.84 Å². The number of carboxylic acids is 1. The van der Waals surface area contributed by atoms with Gasteiger partial charge in [-0.15, -0.1) is 0 Å². The molecule has 0 radical (unpaired) electrons. The van der Waals surface area contributed by atoms with Gasteiger partial charge in [-0.2, -0.15) is 0 Å². The fourth-order valence-corrected chi connectivity index (χ4v) is 1.89. The van der Waals surface area contributed by atoms with E-state index >= 15 is 0 Å². The van der Waals surface area contributed by atoms with Crippen molar-refractivity contribution in [1.82, 2.24) is 4.90 Å². The molecule has 1 aromatic carbocycles. The van der Waals surface area contributed by atoms with Crippen LogP contribution >= 0.6 is 15.9 Å². The average Bonchev–Trinajstić information content (AvgIpc) is 2.35. The molecule has 0 aliphatic carbocycles. The molecule has 1 atom stereocenters. The number of ether oxygens (including phenoxy) is 1. The van der Waals surface area contributed by atoms with Crippen LogP contribution in [0.4, 0.5) is 0 Å². The molecule has 0 bridgehead atoms. The maximum absolute atomic E-state index is 12.0. The molecule has 1 aromatic rings. The van der Waals surface area contributed by atoms with Crippen LogP contribution in [0.2, 0.25) is 0 Å². The van der Waals surface area contributed by atoms with Crippen molar-refractivity contribution < 1.29 is 19.4 Å². The summed E-state index contributed by atoms with van der Waals surface area (Å²) in [5.41, 5.74) is 0.401. The Balaban J connectivity index is 2.97. The highest BCUT2D eigenvalue weighted by molar-refractivity contribution is 9.10. The summed E-state index contributed by atoms with van der Waals surface area (Å²) in [4.78, 5) is 24.0. The number of hydrogen-bond acceptors (Lipinski definition) is 3. The normalized spacial score (nSPS) is 11.8. The van der Waals surface area contributed by atoms with E-state index in [1.807, 2.05) is 0 Å². The largest absolute Gasteiger partial charge is 0.496 e. The zero-order valence-corrected chi connectivity index (χ0v) is 11.9. The lowest BCUT2D eigenvalue weighted by Gasteiger charge is -2.21. The fraction of sp³-hybridized carbons (Fsp3) is 0.333. The minimum absolute atomic E-state index is 0.353. The summed E-state index contributed by atoms with van der Waals surface area (Å²) in [6.07, 6.45) is 0. The second-order valence-electron chi connectivity index (χ2n) is 3.78. The van der Waals surface area contributed by atoms with Gasteiger partial charge >= 0.3 is 5.97 Å². The van der Waals surface area contributed by atoms with Gasteiger partial charge in [0.05, 0.1) is 11.6 Å². The van der Waals surface area contributed by atoms with E-state index in [1.54, 1.807) is 18.2 Å². The summed E-state index contributed by atoms with van der Waals surface area (Å²) in [6, 6.07) is 3.97. The maximum Gasteiger partial charge on any atom is 0.326 e. The summed E-state index contributed by atoms with van der Waals surface area (Å²) in [5.74, 6) is -0.785. The first kappa shape index (κ1) is 14.5. The molecule has 1 unspecified atom stereocenters. The topological polar surface area (TPSA) is 66.8 Å². The lowest BCUT2D eigenvalue weighted by atomic mass is 10.1. The average molecular weight is 316 g/mol. The van der Waals surface area contributed by atoms with E-state index < -0.39 is 12.0 Å². The van der Waals surface area contributed by atoms with Crippen molar-refractivity contribution in [3.8, 4) is 5.75 Å². The summed E-state index contributed by atoms with van der Waals surface area (Å²) in [5, 5.41) is 8.86. The molecule has 6 heteroatoms. The smallest absolute Gasteiger partial charge is 0.326 e. The first-order valence-electron chi connectivity index (χ1n) is 5.22. The van der Waals surface area contributed by atoms with Crippen LogP contribution in [0.25, 0.3) is 0 Å². The van der Waals surface area contributed by atoms with Gasteiger partial charge in [0.25, 0.3) is 5.91 Å². The summed E-state index contributed by atoms with van der Waals surface area (Å²) in [6.45, 7) is 1.46. The highest BCUT2D eigenvalue weighted by Gasteiger charge is 2.23. The molecule has 98 valence electrons. The highest BCUT2D eigenvalue weighted by atomic mass is 79.9. The SMILES string of the molecule is COc1ccc(C(=O)N(C)C(C)C(=O)O)cc1Br. The summed E-state index contributed by atoms with van der Waals surface area (Å²) >= 11 is 3.28. The molecular weight excluding hydrogens is 302 g/mol. The van der Waals surface area contributed by atoms with Crippen molar-refractivity contribution >= 4 is 27.8 Å². The number of rotatable bonds is 4. The van der Waals surface area contributed by atoms with Crippen molar-refractivity contribution in [2.45, 2.75) is 13.0 Å². The second kappa shape index (κ2) is 5.86. The number of amides is 1. The molecule has 1 rings (SSSR count). The Morgan fingerprint density at radius 1 is 1.44 bits per heavy atom. The summed E-state index contributed by atoms with van der Waals surface area (Å²) < 4.78 is 5.71. The zero-order valence-electron chi connectivity index (χ0n) is 10.3. The second-order valence-corrected chi connectivity index (χ2v) is 4.63. The van der Waals surface area contributed by atoms with Crippen LogP contribution < -0.4 is 4.74 Å². The van der Waals surface area contributed by atoms with E-state index in [0.717, 1.165) is 0 Å². The summed E-state index contributed by atoms with van der Waals surface area (Å²) in [7, 11) is 2.99. The molecule has 0 saturated carbocycles. The molecular formula is C12H14BrNO4. The lowest BCUT2D eigenvalue weighted by Crippen LogP contribution is -2.40. The number of aliphatic carboxylic acids is 1. The number of likely N-dealkylation sites (N-methyl/N-ethyl adjacent to an activating group) is 1. The van der Waals surface area contributed by atoms with Gasteiger partial charge in [-0.25, -0.2) is 4.79 Å². The van der Waals surface area contributed by atoms with Crippen LogP contribution in [0.15, 0.2) is 22.7 Å². The van der Waals surface area contributed by atoms with Crippen LogP contribution in [-0.4, -0.2) is 42.1 Å².